The lowest BCUT2D eigenvalue weighted by Crippen LogP contribution is -2.17. The minimum Gasteiger partial charge on any atom is -0.339 e. The number of aromatic nitrogens is 7. The molecule has 6 rings (SSSR count). The second-order valence-corrected chi connectivity index (χ2v) is 9.02. The van der Waals surface area contributed by atoms with Crippen LogP contribution in [0.4, 0.5) is 23.2 Å². The normalized spacial score (nSPS) is 17.2. The largest absolute Gasteiger partial charge is 0.408 e. The molecule has 0 saturated heterocycles. The van der Waals surface area contributed by atoms with Gasteiger partial charge >= 0.3 is 6.18 Å². The van der Waals surface area contributed by atoms with Gasteiger partial charge in [-0.1, -0.05) is 22.5 Å². The highest BCUT2D eigenvalue weighted by molar-refractivity contribution is 6.09. The molecule has 4 heterocycles. The Labute approximate surface area is 211 Å². The van der Waals surface area contributed by atoms with Crippen molar-refractivity contribution in [1.29, 1.82) is 0 Å². The molecule has 14 heteroatoms. The summed E-state index contributed by atoms with van der Waals surface area (Å²) in [4.78, 5) is 17.4. The molecular weight excluding hydrogens is 508 g/mol. The van der Waals surface area contributed by atoms with Crippen molar-refractivity contribution in [2.24, 2.45) is 0 Å². The van der Waals surface area contributed by atoms with E-state index in [-0.39, 0.29) is 23.1 Å². The van der Waals surface area contributed by atoms with E-state index in [0.717, 1.165) is 5.56 Å². The molecule has 194 valence electrons. The van der Waals surface area contributed by atoms with Gasteiger partial charge in [0.15, 0.2) is 0 Å². The number of pyridine rings is 1. The van der Waals surface area contributed by atoms with Crippen LogP contribution < -0.4 is 5.32 Å². The molecule has 38 heavy (non-hydrogen) atoms. The first-order valence-corrected chi connectivity index (χ1v) is 11.5. The number of carbonyl (C=O) groups is 1. The molecule has 0 aliphatic heterocycles. The van der Waals surface area contributed by atoms with E-state index in [0.29, 0.717) is 39.3 Å². The average Bonchev–Trinajstić information content (AvgIpc) is 3.29. The number of benzene rings is 1. The van der Waals surface area contributed by atoms with Crippen molar-refractivity contribution in [3.05, 3.63) is 65.9 Å². The fourth-order valence-corrected chi connectivity index (χ4v) is 4.01. The van der Waals surface area contributed by atoms with Gasteiger partial charge < -0.3 is 9.84 Å². The van der Waals surface area contributed by atoms with Gasteiger partial charge in [0.1, 0.15) is 18.4 Å². The summed E-state index contributed by atoms with van der Waals surface area (Å²) in [5, 5.41) is 18.3. The van der Waals surface area contributed by atoms with Crippen molar-refractivity contribution in [1.82, 2.24) is 34.7 Å². The number of hydrogen-bond donors (Lipinski definition) is 1. The van der Waals surface area contributed by atoms with E-state index in [4.69, 9.17) is 4.52 Å². The zero-order valence-corrected chi connectivity index (χ0v) is 19.6. The number of amides is 1. The Hall–Kier alpha value is -4.62. The van der Waals surface area contributed by atoms with Gasteiger partial charge in [0.2, 0.25) is 11.7 Å². The first kappa shape index (κ1) is 23.8. The Morgan fingerprint density at radius 1 is 1.18 bits per heavy atom. The second-order valence-electron chi connectivity index (χ2n) is 9.02. The van der Waals surface area contributed by atoms with Crippen molar-refractivity contribution in [3.8, 4) is 22.6 Å². The minimum atomic E-state index is -4.42. The summed E-state index contributed by atoms with van der Waals surface area (Å²) in [6.45, 7) is 0.578. The number of aryl methyl sites for hydroxylation is 1. The van der Waals surface area contributed by atoms with E-state index >= 15 is 0 Å². The first-order chi connectivity index (χ1) is 18.1. The van der Waals surface area contributed by atoms with Gasteiger partial charge in [-0.15, -0.1) is 5.10 Å². The summed E-state index contributed by atoms with van der Waals surface area (Å²) in [5.74, 6) is -0.224. The third kappa shape index (κ3) is 4.60. The molecule has 1 aliphatic carbocycles. The Kier molecular flexibility index (Phi) is 5.47. The Morgan fingerprint density at radius 2 is 1.97 bits per heavy atom. The molecule has 2 atom stereocenters. The fourth-order valence-electron chi connectivity index (χ4n) is 4.01. The van der Waals surface area contributed by atoms with E-state index in [9.17, 15) is 22.4 Å². The summed E-state index contributed by atoms with van der Waals surface area (Å²) in [7, 11) is 0. The molecule has 5 aromatic rings. The fraction of sp³-hybridized carbons (Fsp3) is 0.250. The molecule has 1 N–H and O–H groups in total. The maximum Gasteiger partial charge on any atom is 0.408 e. The van der Waals surface area contributed by atoms with Crippen molar-refractivity contribution in [2.75, 3.05) is 5.32 Å². The lowest BCUT2D eigenvalue weighted by atomic mass is 10.1. The van der Waals surface area contributed by atoms with Crippen molar-refractivity contribution >= 4 is 17.1 Å². The summed E-state index contributed by atoms with van der Waals surface area (Å²) >= 11 is 0. The SMILES string of the molecule is Cc1ccc(-c2noc([C@H]3C[C@@H]3F)n2)cc1NC(=O)c1cnn2cc(-c3cn(CC(F)(F)F)nn3)ccc12. The second kappa shape index (κ2) is 8.75. The molecule has 1 amide bonds. The summed E-state index contributed by atoms with van der Waals surface area (Å²) < 4.78 is 58.5. The third-order valence-electron chi connectivity index (χ3n) is 6.15. The molecule has 1 fully saturated rings. The van der Waals surface area contributed by atoms with Gasteiger partial charge in [-0.05, 0) is 37.1 Å². The molecule has 1 saturated carbocycles. The zero-order chi connectivity index (χ0) is 26.6. The lowest BCUT2D eigenvalue weighted by molar-refractivity contribution is -0.142. The van der Waals surface area contributed by atoms with Crippen LogP contribution in [0.15, 0.2) is 53.4 Å². The number of alkyl halides is 4. The zero-order valence-electron chi connectivity index (χ0n) is 19.6. The van der Waals surface area contributed by atoms with Crippen molar-refractivity contribution in [2.45, 2.75) is 38.2 Å². The van der Waals surface area contributed by atoms with E-state index in [1.807, 2.05) is 6.92 Å². The number of anilines is 1. The summed E-state index contributed by atoms with van der Waals surface area (Å²) in [5.41, 5.74) is 3.39. The van der Waals surface area contributed by atoms with Gasteiger partial charge in [0.05, 0.1) is 29.4 Å². The Bertz CT molecular complexity index is 1670. The van der Waals surface area contributed by atoms with E-state index in [1.165, 1.54) is 16.9 Å². The number of fused-ring (bicyclic) bond motifs is 1. The molecule has 1 aromatic carbocycles. The van der Waals surface area contributed by atoms with Gasteiger partial charge in [0, 0.05) is 23.0 Å². The van der Waals surface area contributed by atoms with Crippen LogP contribution in [0, 0.1) is 6.92 Å². The molecule has 1 aliphatic rings. The number of rotatable bonds is 6. The van der Waals surface area contributed by atoms with E-state index in [1.54, 1.807) is 36.5 Å². The van der Waals surface area contributed by atoms with E-state index in [2.05, 4.69) is 30.9 Å². The summed E-state index contributed by atoms with van der Waals surface area (Å²) in [6.07, 6.45) is -0.869. The van der Waals surface area contributed by atoms with Crippen LogP contribution in [-0.4, -0.2) is 53.0 Å². The van der Waals surface area contributed by atoms with Gasteiger partial charge in [-0.2, -0.15) is 23.3 Å². The van der Waals surface area contributed by atoms with Crippen molar-refractivity contribution < 1.29 is 26.9 Å². The number of nitrogens with one attached hydrogen (secondary N) is 1. The predicted molar refractivity (Wildman–Crippen MR) is 125 cm³/mol. The topological polar surface area (TPSA) is 116 Å². The molecule has 0 radical (unpaired) electrons. The smallest absolute Gasteiger partial charge is 0.339 e. The van der Waals surface area contributed by atoms with Crippen LogP contribution in [0.3, 0.4) is 0 Å². The van der Waals surface area contributed by atoms with Crippen LogP contribution in [-0.2, 0) is 6.54 Å². The standard InChI is InChI=1S/C24H18F4N8O2/c1-12-2-3-13(21-31-23(38-33-21)15-7-17(15)25)6-18(12)30-22(37)16-8-29-36-9-14(4-5-20(16)36)19-10-35(34-32-19)11-24(26,27)28/h2-6,8-10,15,17H,7,11H2,1H3,(H,30,37)/t15-,17-/m0/s1. The third-order valence-corrected chi connectivity index (χ3v) is 6.15. The molecular formula is C24H18F4N8O2. The van der Waals surface area contributed by atoms with Crippen LogP contribution in [0.2, 0.25) is 0 Å². The highest BCUT2D eigenvalue weighted by Crippen LogP contribution is 2.43. The lowest BCUT2D eigenvalue weighted by Gasteiger charge is -2.09. The van der Waals surface area contributed by atoms with Crippen molar-refractivity contribution in [3.63, 3.8) is 0 Å². The molecule has 0 unspecified atom stereocenters. The highest BCUT2D eigenvalue weighted by atomic mass is 19.4. The van der Waals surface area contributed by atoms with Crippen LogP contribution in [0.5, 0.6) is 0 Å². The van der Waals surface area contributed by atoms with Gasteiger partial charge in [0.25, 0.3) is 5.91 Å². The number of hydrogen-bond acceptors (Lipinski definition) is 7. The number of halogens is 4. The van der Waals surface area contributed by atoms with Crippen LogP contribution in [0.1, 0.15) is 34.2 Å². The average molecular weight is 526 g/mol. The Balaban J connectivity index is 1.22. The monoisotopic (exact) mass is 526 g/mol. The Morgan fingerprint density at radius 3 is 2.74 bits per heavy atom. The highest BCUT2D eigenvalue weighted by Gasteiger charge is 2.43. The molecule has 4 aromatic heterocycles. The maximum atomic E-state index is 13.3. The quantitative estimate of drug-likeness (QED) is 0.322. The van der Waals surface area contributed by atoms with E-state index < -0.39 is 24.8 Å². The molecule has 0 bridgehead atoms. The van der Waals surface area contributed by atoms with Crippen LogP contribution in [0.25, 0.3) is 28.2 Å². The van der Waals surface area contributed by atoms with Gasteiger partial charge in [-0.25, -0.2) is 13.6 Å². The number of carbonyl (C=O) groups excluding carboxylic acids is 1. The summed E-state index contributed by atoms with van der Waals surface area (Å²) in [6, 6.07) is 8.53. The molecule has 10 nitrogen and oxygen atoms in total. The first-order valence-electron chi connectivity index (χ1n) is 11.5. The van der Waals surface area contributed by atoms with Gasteiger partial charge in [-0.3, -0.25) is 4.79 Å². The minimum absolute atomic E-state index is 0.235. The predicted octanol–water partition coefficient (Wildman–Crippen LogP) is 4.59. The number of nitrogens with zero attached hydrogens (tertiary/aromatic N) is 7. The maximum absolute atomic E-state index is 13.3. The van der Waals surface area contributed by atoms with Crippen LogP contribution >= 0.6 is 0 Å². The molecule has 0 spiro atoms.